The summed E-state index contributed by atoms with van der Waals surface area (Å²) in [4.78, 5) is 40.3. The highest BCUT2D eigenvalue weighted by Gasteiger charge is 2.13. The Morgan fingerprint density at radius 2 is 1.96 bits per heavy atom. The normalized spacial score (nSPS) is 10.6. The summed E-state index contributed by atoms with van der Waals surface area (Å²) in [5, 5.41) is 16.2. The number of benzene rings is 1. The number of halogens is 1. The van der Waals surface area contributed by atoms with E-state index in [0.29, 0.717) is 18.1 Å². The number of nitrogens with zero attached hydrogens (tertiary/aromatic N) is 3. The van der Waals surface area contributed by atoms with Crippen LogP contribution in [-0.4, -0.2) is 46.8 Å². The van der Waals surface area contributed by atoms with Crippen LogP contribution in [0.4, 0.5) is 17.2 Å². The topological polar surface area (TPSA) is 117 Å². The lowest BCUT2D eigenvalue weighted by Gasteiger charge is -2.16. The molecule has 9 nitrogen and oxygen atoms in total. The maximum atomic E-state index is 12.1. The number of aromatic nitrogens is 1. The van der Waals surface area contributed by atoms with Gasteiger partial charge in [0, 0.05) is 35.8 Å². The van der Waals surface area contributed by atoms with E-state index in [1.807, 2.05) is 0 Å². The van der Waals surface area contributed by atoms with Crippen LogP contribution in [0.2, 0.25) is 0 Å². The van der Waals surface area contributed by atoms with Crippen molar-refractivity contribution in [2.45, 2.75) is 13.3 Å². The van der Waals surface area contributed by atoms with Gasteiger partial charge in [-0.05, 0) is 47.6 Å². The molecule has 0 unspecified atom stereocenters. The number of carbonyl (C=O) groups is 2. The average Bonchev–Trinajstić information content (AvgIpc) is 2.63. The Morgan fingerprint density at radius 3 is 2.61 bits per heavy atom. The molecule has 0 aliphatic heterocycles. The molecule has 0 spiro atoms. The molecule has 0 aliphatic carbocycles. The third-order valence-electron chi connectivity index (χ3n) is 3.84. The van der Waals surface area contributed by atoms with Gasteiger partial charge in [-0.3, -0.25) is 24.6 Å². The van der Waals surface area contributed by atoms with Crippen LogP contribution in [0.1, 0.15) is 12.0 Å². The van der Waals surface area contributed by atoms with Crippen LogP contribution < -0.4 is 10.6 Å². The summed E-state index contributed by atoms with van der Waals surface area (Å²) in [6.07, 6.45) is 1.72. The molecule has 2 N–H and O–H groups in total. The van der Waals surface area contributed by atoms with Crippen molar-refractivity contribution in [2.24, 2.45) is 0 Å². The highest BCUT2D eigenvalue weighted by molar-refractivity contribution is 9.10. The molecular formula is C18H20BrN5O4. The second-order valence-corrected chi connectivity index (χ2v) is 7.12. The summed E-state index contributed by atoms with van der Waals surface area (Å²) < 4.78 is 0.813. The lowest BCUT2D eigenvalue weighted by molar-refractivity contribution is -0.384. The second-order valence-electron chi connectivity index (χ2n) is 6.20. The van der Waals surface area contributed by atoms with E-state index in [1.165, 1.54) is 12.1 Å². The third-order valence-corrected chi connectivity index (χ3v) is 4.30. The first kappa shape index (κ1) is 21.5. The van der Waals surface area contributed by atoms with Crippen LogP contribution in [0.3, 0.4) is 0 Å². The van der Waals surface area contributed by atoms with Gasteiger partial charge < -0.3 is 10.6 Å². The highest BCUT2D eigenvalue weighted by atomic mass is 79.9. The number of likely N-dealkylation sites (N-methyl/N-ethyl adjacent to an activating group) is 1. The first-order chi connectivity index (χ1) is 13.2. The van der Waals surface area contributed by atoms with E-state index in [0.717, 1.165) is 10.0 Å². The van der Waals surface area contributed by atoms with Gasteiger partial charge in [-0.15, -0.1) is 0 Å². The van der Waals surface area contributed by atoms with Crippen molar-refractivity contribution in [3.8, 4) is 0 Å². The summed E-state index contributed by atoms with van der Waals surface area (Å²) in [6.45, 7) is 2.20. The zero-order valence-electron chi connectivity index (χ0n) is 15.4. The maximum Gasteiger partial charge on any atom is 0.271 e. The van der Waals surface area contributed by atoms with Crippen molar-refractivity contribution in [1.29, 1.82) is 0 Å². The predicted octanol–water partition coefficient (Wildman–Crippen LogP) is 2.96. The number of non-ortho nitro benzene ring substituents is 1. The Labute approximate surface area is 170 Å². The molecule has 0 aliphatic rings. The largest absolute Gasteiger partial charge is 0.326 e. The van der Waals surface area contributed by atoms with Crippen LogP contribution in [0.5, 0.6) is 0 Å². The first-order valence-electron chi connectivity index (χ1n) is 8.39. The zero-order chi connectivity index (χ0) is 20.7. The standard InChI is InChI=1S/C18H20BrN5O4/c1-12-3-5-14(24(27)28)9-15(12)21-17(25)7-8-23(2)11-18(26)22-16-6-4-13(19)10-20-16/h3-6,9-10H,7-8,11H2,1-2H3,(H,21,25)(H,20,22,26). The molecule has 0 fully saturated rings. The van der Waals surface area contributed by atoms with Gasteiger partial charge in [0.1, 0.15) is 5.82 Å². The quantitative estimate of drug-likeness (QED) is 0.472. The number of nitro groups is 1. The van der Waals surface area contributed by atoms with Crippen LogP contribution in [-0.2, 0) is 9.59 Å². The van der Waals surface area contributed by atoms with E-state index in [9.17, 15) is 19.7 Å². The van der Waals surface area contributed by atoms with E-state index in [2.05, 4.69) is 31.5 Å². The van der Waals surface area contributed by atoms with E-state index in [4.69, 9.17) is 0 Å². The van der Waals surface area contributed by atoms with Gasteiger partial charge in [-0.1, -0.05) is 6.07 Å². The third kappa shape index (κ3) is 6.71. The fourth-order valence-electron chi connectivity index (χ4n) is 2.32. The Bertz CT molecular complexity index is 873. The molecule has 1 heterocycles. The molecule has 1 aromatic heterocycles. The summed E-state index contributed by atoms with van der Waals surface area (Å²) in [5.74, 6) is -0.0850. The Kier molecular flexibility index (Phi) is 7.59. The summed E-state index contributed by atoms with van der Waals surface area (Å²) in [7, 11) is 1.72. The van der Waals surface area contributed by atoms with Crippen LogP contribution in [0.25, 0.3) is 0 Å². The molecule has 28 heavy (non-hydrogen) atoms. The summed E-state index contributed by atoms with van der Waals surface area (Å²) in [5.41, 5.74) is 1.05. The van der Waals surface area contributed by atoms with Crippen molar-refractivity contribution < 1.29 is 14.5 Å². The van der Waals surface area contributed by atoms with Crippen molar-refractivity contribution in [3.05, 3.63) is 56.7 Å². The molecule has 2 rings (SSSR count). The van der Waals surface area contributed by atoms with Gasteiger partial charge >= 0.3 is 0 Å². The van der Waals surface area contributed by atoms with Crippen LogP contribution in [0.15, 0.2) is 41.0 Å². The number of nitro benzene ring substituents is 1. The number of rotatable bonds is 8. The number of nitrogens with one attached hydrogen (secondary N) is 2. The summed E-state index contributed by atoms with van der Waals surface area (Å²) in [6, 6.07) is 7.75. The molecule has 1 aromatic carbocycles. The fraction of sp³-hybridized carbons (Fsp3) is 0.278. The van der Waals surface area contributed by atoms with E-state index in [1.54, 1.807) is 43.3 Å². The Balaban J connectivity index is 1.80. The van der Waals surface area contributed by atoms with Crippen molar-refractivity contribution in [2.75, 3.05) is 30.8 Å². The maximum absolute atomic E-state index is 12.1. The molecule has 2 amide bonds. The average molecular weight is 450 g/mol. The van der Waals surface area contributed by atoms with Gasteiger partial charge in [-0.2, -0.15) is 0 Å². The minimum absolute atomic E-state index is 0.0868. The molecule has 148 valence electrons. The molecule has 0 saturated carbocycles. The zero-order valence-corrected chi connectivity index (χ0v) is 17.0. The molecular weight excluding hydrogens is 430 g/mol. The highest BCUT2D eigenvalue weighted by Crippen LogP contribution is 2.21. The monoisotopic (exact) mass is 449 g/mol. The molecule has 2 aromatic rings. The fourth-order valence-corrected chi connectivity index (χ4v) is 2.55. The first-order valence-corrected chi connectivity index (χ1v) is 9.18. The predicted molar refractivity (Wildman–Crippen MR) is 109 cm³/mol. The van der Waals surface area contributed by atoms with E-state index < -0.39 is 4.92 Å². The second kappa shape index (κ2) is 9.90. The van der Waals surface area contributed by atoms with Gasteiger partial charge in [0.05, 0.1) is 17.2 Å². The van der Waals surface area contributed by atoms with Gasteiger partial charge in [0.2, 0.25) is 11.8 Å². The number of pyridine rings is 1. The molecule has 0 saturated heterocycles. The summed E-state index contributed by atoms with van der Waals surface area (Å²) >= 11 is 3.27. The number of aryl methyl sites for hydroxylation is 1. The molecule has 0 bridgehead atoms. The molecule has 10 heteroatoms. The van der Waals surface area contributed by atoms with Gasteiger partial charge in [0.15, 0.2) is 0 Å². The smallest absolute Gasteiger partial charge is 0.271 e. The van der Waals surface area contributed by atoms with Crippen molar-refractivity contribution >= 4 is 44.9 Å². The molecule has 0 atom stereocenters. The minimum atomic E-state index is -0.512. The van der Waals surface area contributed by atoms with E-state index >= 15 is 0 Å². The number of amides is 2. The Hall–Kier alpha value is -2.85. The van der Waals surface area contributed by atoms with Crippen molar-refractivity contribution in [1.82, 2.24) is 9.88 Å². The van der Waals surface area contributed by atoms with E-state index in [-0.39, 0.29) is 30.5 Å². The minimum Gasteiger partial charge on any atom is -0.326 e. The number of carbonyl (C=O) groups excluding carboxylic acids is 2. The molecule has 0 radical (unpaired) electrons. The number of hydrogen-bond donors (Lipinski definition) is 2. The van der Waals surface area contributed by atoms with Gasteiger partial charge in [0.25, 0.3) is 5.69 Å². The van der Waals surface area contributed by atoms with Gasteiger partial charge in [-0.25, -0.2) is 4.98 Å². The number of hydrogen-bond acceptors (Lipinski definition) is 6. The number of anilines is 2. The van der Waals surface area contributed by atoms with Crippen LogP contribution in [0, 0.1) is 17.0 Å². The van der Waals surface area contributed by atoms with Crippen LogP contribution >= 0.6 is 15.9 Å². The SMILES string of the molecule is Cc1ccc([N+](=O)[O-])cc1NC(=O)CCN(C)CC(=O)Nc1ccc(Br)cn1. The lowest BCUT2D eigenvalue weighted by atomic mass is 10.1. The van der Waals surface area contributed by atoms with Crippen molar-refractivity contribution in [3.63, 3.8) is 0 Å². The lowest BCUT2D eigenvalue weighted by Crippen LogP contribution is -2.32. The Morgan fingerprint density at radius 1 is 1.21 bits per heavy atom.